The first-order valence-corrected chi connectivity index (χ1v) is 7.02. The molecule has 0 saturated heterocycles. The Bertz CT molecular complexity index is 775. The van der Waals surface area contributed by atoms with E-state index in [4.69, 9.17) is 4.52 Å². The molecular formula is C15H15N5O. The number of fused-ring (bicyclic) bond motifs is 1. The Labute approximate surface area is 121 Å². The summed E-state index contributed by atoms with van der Waals surface area (Å²) in [5.41, 5.74) is 4.27. The highest BCUT2D eigenvalue weighted by Crippen LogP contribution is 2.31. The third kappa shape index (κ3) is 2.08. The van der Waals surface area contributed by atoms with Gasteiger partial charge in [0, 0.05) is 18.3 Å². The maximum Gasteiger partial charge on any atom is 0.278 e. The highest BCUT2D eigenvalue weighted by Gasteiger charge is 2.25. The van der Waals surface area contributed by atoms with Gasteiger partial charge in [-0.15, -0.1) is 0 Å². The smallest absolute Gasteiger partial charge is 0.278 e. The fraction of sp³-hybridized carbons (Fsp3) is 0.267. The van der Waals surface area contributed by atoms with Gasteiger partial charge in [-0.1, -0.05) is 18.2 Å². The molecule has 6 heteroatoms. The van der Waals surface area contributed by atoms with Crippen molar-refractivity contribution in [3.8, 4) is 11.6 Å². The topological polar surface area (TPSA) is 68.8 Å². The number of hydrogen-bond acceptors (Lipinski definition) is 5. The molecule has 1 aliphatic carbocycles. The number of nitrogens with zero attached hydrogens (tertiary/aromatic N) is 4. The number of nitrogens with one attached hydrogen (secondary N) is 1. The molecule has 0 amide bonds. The zero-order chi connectivity index (χ0) is 14.2. The van der Waals surface area contributed by atoms with E-state index >= 15 is 0 Å². The van der Waals surface area contributed by atoms with Gasteiger partial charge in [-0.3, -0.25) is 4.68 Å². The summed E-state index contributed by atoms with van der Waals surface area (Å²) >= 11 is 0. The van der Waals surface area contributed by atoms with Crippen molar-refractivity contribution in [2.45, 2.75) is 19.3 Å². The minimum absolute atomic E-state index is 0.462. The summed E-state index contributed by atoms with van der Waals surface area (Å²) in [5, 5.41) is 11.7. The van der Waals surface area contributed by atoms with Crippen LogP contribution >= 0.6 is 0 Å². The largest absolute Gasteiger partial charge is 0.330 e. The van der Waals surface area contributed by atoms with Crippen molar-refractivity contribution in [1.82, 2.24) is 19.9 Å². The molecule has 0 unspecified atom stereocenters. The first-order chi connectivity index (χ1) is 10.3. The van der Waals surface area contributed by atoms with Crippen LogP contribution in [0.3, 0.4) is 0 Å². The van der Waals surface area contributed by atoms with Gasteiger partial charge in [0.05, 0.1) is 5.69 Å². The van der Waals surface area contributed by atoms with Crippen molar-refractivity contribution in [2.24, 2.45) is 7.05 Å². The summed E-state index contributed by atoms with van der Waals surface area (Å²) in [6.45, 7) is 0. The van der Waals surface area contributed by atoms with Crippen molar-refractivity contribution in [2.75, 3.05) is 5.32 Å². The molecule has 0 spiro atoms. The van der Waals surface area contributed by atoms with Crippen molar-refractivity contribution in [3.05, 3.63) is 41.6 Å². The van der Waals surface area contributed by atoms with Crippen LogP contribution < -0.4 is 5.32 Å². The molecular weight excluding hydrogens is 266 g/mol. The standard InChI is InChI=1S/C15H15N5O/c1-20-13(11-8-5-9-12(11)18-20)14-17-15(19-21-14)16-10-6-3-2-4-7-10/h2-4,6-7H,5,8-9H2,1H3,(H,16,19). The molecule has 1 N–H and O–H groups in total. The normalized spacial score (nSPS) is 13.4. The van der Waals surface area contributed by atoms with E-state index in [0.29, 0.717) is 11.8 Å². The molecule has 1 aromatic carbocycles. The van der Waals surface area contributed by atoms with Crippen LogP contribution in [0, 0.1) is 0 Å². The average Bonchev–Trinajstić information content (AvgIpc) is 3.16. The van der Waals surface area contributed by atoms with Crippen molar-refractivity contribution >= 4 is 11.6 Å². The Balaban J connectivity index is 1.66. The van der Waals surface area contributed by atoms with Crippen LogP contribution in [0.4, 0.5) is 11.6 Å². The predicted molar refractivity (Wildman–Crippen MR) is 78.2 cm³/mol. The van der Waals surface area contributed by atoms with E-state index in [9.17, 15) is 0 Å². The fourth-order valence-corrected chi connectivity index (χ4v) is 2.81. The van der Waals surface area contributed by atoms with Crippen molar-refractivity contribution in [1.29, 1.82) is 0 Å². The lowest BCUT2D eigenvalue weighted by molar-refractivity contribution is 0.428. The first-order valence-electron chi connectivity index (χ1n) is 7.02. The van der Waals surface area contributed by atoms with Crippen LogP contribution in [-0.2, 0) is 19.9 Å². The van der Waals surface area contributed by atoms with Crippen LogP contribution in [-0.4, -0.2) is 19.9 Å². The second kappa shape index (κ2) is 4.73. The molecule has 0 bridgehead atoms. The molecule has 2 heterocycles. The second-order valence-corrected chi connectivity index (χ2v) is 5.17. The molecule has 0 atom stereocenters. The van der Waals surface area contributed by atoms with Gasteiger partial charge in [0.15, 0.2) is 0 Å². The van der Waals surface area contributed by atoms with E-state index in [2.05, 4.69) is 20.6 Å². The number of aromatic nitrogens is 4. The Kier molecular flexibility index (Phi) is 2.73. The maximum absolute atomic E-state index is 5.40. The van der Waals surface area contributed by atoms with E-state index in [1.54, 1.807) is 0 Å². The van der Waals surface area contributed by atoms with Crippen molar-refractivity contribution < 1.29 is 4.52 Å². The van der Waals surface area contributed by atoms with Gasteiger partial charge in [0.25, 0.3) is 11.8 Å². The molecule has 4 rings (SSSR count). The second-order valence-electron chi connectivity index (χ2n) is 5.17. The average molecular weight is 281 g/mol. The highest BCUT2D eigenvalue weighted by molar-refractivity contribution is 5.59. The van der Waals surface area contributed by atoms with Gasteiger partial charge >= 0.3 is 0 Å². The summed E-state index contributed by atoms with van der Waals surface area (Å²) in [7, 11) is 1.92. The third-order valence-corrected chi connectivity index (χ3v) is 3.73. The van der Waals surface area contributed by atoms with Crippen LogP contribution in [0.5, 0.6) is 0 Å². The van der Waals surface area contributed by atoms with Gasteiger partial charge in [0.1, 0.15) is 5.69 Å². The van der Waals surface area contributed by atoms with Crippen LogP contribution in [0.15, 0.2) is 34.9 Å². The van der Waals surface area contributed by atoms with Gasteiger partial charge < -0.3 is 9.84 Å². The third-order valence-electron chi connectivity index (χ3n) is 3.73. The van der Waals surface area contributed by atoms with Crippen LogP contribution in [0.25, 0.3) is 11.6 Å². The molecule has 3 aromatic rings. The lowest BCUT2D eigenvalue weighted by atomic mass is 10.2. The molecule has 6 nitrogen and oxygen atoms in total. The van der Waals surface area contributed by atoms with Gasteiger partial charge in [0.2, 0.25) is 0 Å². The van der Waals surface area contributed by atoms with Crippen LogP contribution in [0.2, 0.25) is 0 Å². The number of rotatable bonds is 3. The molecule has 0 aliphatic heterocycles. The van der Waals surface area contributed by atoms with Gasteiger partial charge in [-0.25, -0.2) is 0 Å². The van der Waals surface area contributed by atoms with Gasteiger partial charge in [-0.05, 0) is 36.6 Å². The Morgan fingerprint density at radius 1 is 1.19 bits per heavy atom. The first kappa shape index (κ1) is 12.1. The molecule has 0 saturated carbocycles. The SMILES string of the molecule is Cn1nc2c(c1-c1nc(Nc3ccccc3)no1)CCC2. The van der Waals surface area contributed by atoms with E-state index in [-0.39, 0.29) is 0 Å². The van der Waals surface area contributed by atoms with E-state index in [1.165, 1.54) is 5.56 Å². The maximum atomic E-state index is 5.40. The van der Waals surface area contributed by atoms with Crippen LogP contribution in [0.1, 0.15) is 17.7 Å². The fourth-order valence-electron chi connectivity index (χ4n) is 2.81. The summed E-state index contributed by atoms with van der Waals surface area (Å²) in [5.74, 6) is 0.982. The molecule has 106 valence electrons. The lowest BCUT2D eigenvalue weighted by Crippen LogP contribution is -1.97. The summed E-state index contributed by atoms with van der Waals surface area (Å²) in [4.78, 5) is 4.44. The van der Waals surface area contributed by atoms with Gasteiger partial charge in [-0.2, -0.15) is 10.1 Å². The monoisotopic (exact) mass is 281 g/mol. The number of para-hydroxylation sites is 1. The minimum atomic E-state index is 0.462. The highest BCUT2D eigenvalue weighted by atomic mass is 16.5. The molecule has 0 fully saturated rings. The van der Waals surface area contributed by atoms with Crippen molar-refractivity contribution in [3.63, 3.8) is 0 Å². The molecule has 0 radical (unpaired) electrons. The predicted octanol–water partition coefficient (Wildman–Crippen LogP) is 2.70. The zero-order valence-electron chi connectivity index (χ0n) is 11.7. The minimum Gasteiger partial charge on any atom is -0.330 e. The number of benzene rings is 1. The molecule has 21 heavy (non-hydrogen) atoms. The molecule has 1 aliphatic rings. The quantitative estimate of drug-likeness (QED) is 0.799. The summed E-state index contributed by atoms with van der Waals surface area (Å²) in [6.07, 6.45) is 3.21. The number of hydrogen-bond donors (Lipinski definition) is 1. The Morgan fingerprint density at radius 3 is 2.90 bits per heavy atom. The Hall–Kier alpha value is -2.63. The van der Waals surface area contributed by atoms with E-state index in [0.717, 1.165) is 36.3 Å². The number of anilines is 2. The molecule has 2 aromatic heterocycles. The van der Waals surface area contributed by atoms with E-state index < -0.39 is 0 Å². The lowest BCUT2D eigenvalue weighted by Gasteiger charge is -1.99. The Morgan fingerprint density at radius 2 is 2.05 bits per heavy atom. The van der Waals surface area contributed by atoms with E-state index in [1.807, 2.05) is 42.1 Å². The summed E-state index contributed by atoms with van der Waals surface area (Å²) in [6, 6.07) is 9.79. The summed E-state index contributed by atoms with van der Waals surface area (Å²) < 4.78 is 7.24. The zero-order valence-corrected chi connectivity index (χ0v) is 11.7. The number of aryl methyl sites for hydroxylation is 2.